The van der Waals surface area contributed by atoms with Gasteiger partial charge in [0, 0.05) is 28.0 Å². The normalized spacial score (nSPS) is 18.0. The second-order valence-corrected chi connectivity index (χ2v) is 13.2. The van der Waals surface area contributed by atoms with E-state index < -0.39 is 47.0 Å². The molecule has 0 saturated carbocycles. The van der Waals surface area contributed by atoms with E-state index in [0.29, 0.717) is 11.1 Å². The number of hydrogen-bond donors (Lipinski definition) is 6. The number of β-lactam (4-membered cyclic amide) rings is 1. The van der Waals surface area contributed by atoms with Gasteiger partial charge in [-0.15, -0.1) is 33.3 Å². The number of nitrogens with two attached hydrogens (primary N) is 1. The molecule has 0 radical (unpaired) electrons. The third kappa shape index (κ3) is 6.87. The number of carbonyl (C=O) groups is 4. The fourth-order valence-corrected chi connectivity index (χ4v) is 7.57. The number of aromatic hydroxyl groups is 2. The molecule has 2 aliphatic rings. The highest BCUT2D eigenvalue weighted by atomic mass is 32.2. The molecule has 3 atom stereocenters. The van der Waals surface area contributed by atoms with Gasteiger partial charge < -0.3 is 40.7 Å². The highest BCUT2D eigenvalue weighted by Crippen LogP contribution is 2.42. The zero-order valence-electron chi connectivity index (χ0n) is 24.6. The van der Waals surface area contributed by atoms with Gasteiger partial charge in [0.05, 0.1) is 0 Å². The molecule has 1 unspecified atom stereocenters. The summed E-state index contributed by atoms with van der Waals surface area (Å²) < 4.78 is 5.61. The maximum absolute atomic E-state index is 13.5. The van der Waals surface area contributed by atoms with Gasteiger partial charge in [0.2, 0.25) is 12.0 Å². The maximum Gasteiger partial charge on any atom is 0.352 e. The fourth-order valence-electron chi connectivity index (χ4n) is 4.78. The average molecular weight is 726 g/mol. The van der Waals surface area contributed by atoms with Crippen molar-refractivity contribution in [3.8, 4) is 23.0 Å². The lowest BCUT2D eigenvalue weighted by Crippen LogP contribution is -2.71. The Kier molecular flexibility index (Phi) is 9.42. The van der Waals surface area contributed by atoms with E-state index >= 15 is 0 Å². The Morgan fingerprint density at radius 3 is 2.59 bits per heavy atom. The number of carboxylic acid groups (broad SMARTS) is 2. The Hall–Kier alpha value is -5.60. The van der Waals surface area contributed by atoms with Crippen LogP contribution in [0.3, 0.4) is 0 Å². The quantitative estimate of drug-likeness (QED) is 0.0402. The van der Waals surface area contributed by atoms with Gasteiger partial charge in [0.15, 0.2) is 22.3 Å². The Bertz CT molecular complexity index is 2020. The summed E-state index contributed by atoms with van der Waals surface area (Å²) in [5, 5.41) is 54.1. The number of phenols is 2. The van der Waals surface area contributed by atoms with Gasteiger partial charge in [0.25, 0.3) is 17.0 Å². The van der Waals surface area contributed by atoms with E-state index in [0.717, 1.165) is 28.0 Å². The number of thioether (sulfide) groups is 2. The molecule has 0 spiro atoms. The van der Waals surface area contributed by atoms with Crippen LogP contribution in [0.15, 0.2) is 80.0 Å². The predicted molar refractivity (Wildman–Crippen MR) is 174 cm³/mol. The first-order chi connectivity index (χ1) is 23.5. The van der Waals surface area contributed by atoms with Crippen LogP contribution in [0, 0.1) is 0 Å². The van der Waals surface area contributed by atoms with Gasteiger partial charge >= 0.3 is 11.9 Å². The monoisotopic (exact) mass is 725 g/mol. The molecule has 2 amide bonds. The van der Waals surface area contributed by atoms with Crippen molar-refractivity contribution in [2.24, 2.45) is 5.16 Å². The van der Waals surface area contributed by atoms with Gasteiger partial charge in [0.1, 0.15) is 22.8 Å². The summed E-state index contributed by atoms with van der Waals surface area (Å²) >= 11 is 3.26. The number of nitrogens with one attached hydrogen (secondary N) is 1. The number of phenolic OH excluding ortho intramolecular Hbond substituents is 2. The number of carboxylic acids is 2. The highest BCUT2D eigenvalue weighted by molar-refractivity contribution is 8.01. The number of oxime groups is 1. The number of thiazole rings is 1. The number of hydrogen-bond acceptors (Lipinski definition) is 16. The van der Waals surface area contributed by atoms with Crippen molar-refractivity contribution >= 4 is 69.5 Å². The molecule has 7 N–H and O–H groups in total. The molecule has 17 nitrogen and oxygen atoms in total. The van der Waals surface area contributed by atoms with Crippen LogP contribution < -0.4 is 11.1 Å². The largest absolute Gasteiger partial charge is 0.504 e. The van der Waals surface area contributed by atoms with Crippen molar-refractivity contribution in [2.75, 3.05) is 17.2 Å². The van der Waals surface area contributed by atoms with Crippen molar-refractivity contribution in [1.29, 1.82) is 0 Å². The minimum absolute atomic E-state index is 0.0195. The average Bonchev–Trinajstić information content (AvgIpc) is 3.74. The second-order valence-electron chi connectivity index (χ2n) is 10.2. The topological polar surface area (TPSA) is 264 Å². The smallest absolute Gasteiger partial charge is 0.352 e. The number of fused-ring (bicyclic) bond motifs is 1. The first-order valence-corrected chi connectivity index (χ1v) is 16.9. The fraction of sp³-hybridized carbons (Fsp3) is 0.172. The molecule has 20 heteroatoms. The van der Waals surface area contributed by atoms with Gasteiger partial charge in [-0.1, -0.05) is 47.2 Å². The van der Waals surface area contributed by atoms with Gasteiger partial charge in [-0.25, -0.2) is 14.6 Å². The van der Waals surface area contributed by atoms with E-state index in [2.05, 4.69) is 25.7 Å². The predicted octanol–water partition coefficient (Wildman–Crippen LogP) is 2.26. The van der Waals surface area contributed by atoms with Crippen molar-refractivity contribution in [2.45, 2.75) is 22.7 Å². The standard InChI is InChI=1S/C29H23N7O10S3/c30-28-31-15(11-48-28)18(35-46-21(27(43)44)12-4-2-1-3-5-12)22(39)32-19-24(40)36-20(26(41)42)14(9-47-25(19)36)10-49-29-34-33-23(45-29)13-6-7-16(37)17(38)8-13/h1-8,11,19,21,25,37-38H,9-10H2,(H2,30,31)(H,32,39)(H,41,42)(H,43,44)/t19-,21?,25+/m1/s1. The van der Waals surface area contributed by atoms with E-state index in [1.807, 2.05) is 0 Å². The highest BCUT2D eigenvalue weighted by Gasteiger charge is 2.54. The molecule has 6 rings (SSSR count). The summed E-state index contributed by atoms with van der Waals surface area (Å²) in [6.07, 6.45) is -1.56. The Morgan fingerprint density at radius 1 is 1.14 bits per heavy atom. The molecule has 2 aliphatic heterocycles. The minimum Gasteiger partial charge on any atom is -0.504 e. The van der Waals surface area contributed by atoms with Gasteiger partial charge in [-0.3, -0.25) is 14.5 Å². The molecular weight excluding hydrogens is 703 g/mol. The first-order valence-electron chi connectivity index (χ1n) is 13.9. The molecule has 4 heterocycles. The summed E-state index contributed by atoms with van der Waals surface area (Å²) in [4.78, 5) is 61.5. The second kappa shape index (κ2) is 13.9. The lowest BCUT2D eigenvalue weighted by molar-refractivity contribution is -0.151. The van der Waals surface area contributed by atoms with E-state index in [9.17, 15) is 39.6 Å². The number of aromatic nitrogens is 3. The summed E-state index contributed by atoms with van der Waals surface area (Å²) in [5.41, 5.74) is 6.06. The Labute approximate surface area is 287 Å². The van der Waals surface area contributed by atoms with Crippen LogP contribution in [0.2, 0.25) is 0 Å². The number of benzene rings is 2. The molecular formula is C29H23N7O10S3. The van der Waals surface area contributed by atoms with E-state index in [4.69, 9.17) is 15.0 Å². The van der Waals surface area contributed by atoms with Crippen LogP contribution in [0.25, 0.3) is 11.5 Å². The number of amides is 2. The molecule has 49 heavy (non-hydrogen) atoms. The number of nitrogens with zero attached hydrogens (tertiary/aromatic N) is 5. The number of rotatable bonds is 12. The van der Waals surface area contributed by atoms with Crippen LogP contribution in [0.1, 0.15) is 17.4 Å². The summed E-state index contributed by atoms with van der Waals surface area (Å²) in [5.74, 6) is -4.69. The molecule has 0 bridgehead atoms. The number of anilines is 1. The molecule has 1 saturated heterocycles. The zero-order chi connectivity index (χ0) is 34.8. The Balaban J connectivity index is 1.16. The maximum atomic E-state index is 13.5. The van der Waals surface area contributed by atoms with Crippen LogP contribution in [-0.4, -0.2) is 92.9 Å². The lowest BCUT2D eigenvalue weighted by atomic mass is 10.0. The van der Waals surface area contributed by atoms with Crippen molar-refractivity contribution < 1.29 is 48.9 Å². The number of carbonyl (C=O) groups excluding carboxylic acids is 2. The third-order valence-corrected chi connectivity index (χ3v) is 10.0. The van der Waals surface area contributed by atoms with Crippen LogP contribution in [0.5, 0.6) is 11.5 Å². The van der Waals surface area contributed by atoms with Gasteiger partial charge in [-0.05, 0) is 23.8 Å². The number of aliphatic carboxylic acids is 2. The molecule has 1 fully saturated rings. The summed E-state index contributed by atoms with van der Waals surface area (Å²) in [7, 11) is 0. The van der Waals surface area contributed by atoms with E-state index in [1.54, 1.807) is 18.2 Å². The lowest BCUT2D eigenvalue weighted by Gasteiger charge is -2.49. The Morgan fingerprint density at radius 2 is 1.92 bits per heavy atom. The van der Waals surface area contributed by atoms with E-state index in [-0.39, 0.29) is 56.2 Å². The molecule has 252 valence electrons. The number of nitrogen functional groups attached to an aromatic ring is 1. The van der Waals surface area contributed by atoms with Crippen LogP contribution >= 0.6 is 34.9 Å². The first kappa shape index (κ1) is 33.3. The zero-order valence-corrected chi connectivity index (χ0v) is 27.1. The minimum atomic E-state index is -1.56. The third-order valence-electron chi connectivity index (χ3n) is 7.09. The van der Waals surface area contributed by atoms with Crippen LogP contribution in [-0.2, 0) is 24.0 Å². The van der Waals surface area contributed by atoms with Crippen molar-refractivity contribution in [3.63, 3.8) is 0 Å². The van der Waals surface area contributed by atoms with E-state index in [1.165, 1.54) is 47.5 Å². The van der Waals surface area contributed by atoms with Crippen molar-refractivity contribution in [3.05, 3.63) is 76.4 Å². The van der Waals surface area contributed by atoms with Crippen LogP contribution in [0.4, 0.5) is 5.13 Å². The SMILES string of the molecule is Nc1nc(C(=NOC(C(=O)O)c2ccccc2)C(=O)N[C@@H]2C(=O)N3C(C(=O)O)=C(CSc4nnc(-c5ccc(O)c(O)c5)o4)CS[C@@H]23)cs1. The molecule has 2 aromatic heterocycles. The molecule has 2 aromatic carbocycles. The summed E-state index contributed by atoms with van der Waals surface area (Å²) in [6, 6.07) is 10.8. The molecule has 0 aliphatic carbocycles. The summed E-state index contributed by atoms with van der Waals surface area (Å²) in [6.45, 7) is 0. The molecule has 4 aromatic rings. The van der Waals surface area contributed by atoms with Crippen molar-refractivity contribution in [1.82, 2.24) is 25.4 Å². The van der Waals surface area contributed by atoms with Gasteiger partial charge in [-0.2, -0.15) is 0 Å².